The fraction of sp³-hybridized carbons (Fsp3) is 0.222. The molecule has 138 valence electrons. The third-order valence-electron chi connectivity index (χ3n) is 4.50. The van der Waals surface area contributed by atoms with Gasteiger partial charge in [-0.1, -0.05) is 13.0 Å². The SMILES string of the molecule is CCc1c(-c2ccc3c(c2)cc(CN)n3C)[nH]c(=O)c(C(=O)O)c1O.Cl. The number of carboxylic acids is 1. The largest absolute Gasteiger partial charge is 0.506 e. The monoisotopic (exact) mass is 377 g/mol. The minimum absolute atomic E-state index is 0. The summed E-state index contributed by atoms with van der Waals surface area (Å²) in [7, 11) is 1.93. The Labute approximate surface area is 155 Å². The van der Waals surface area contributed by atoms with E-state index >= 15 is 0 Å². The number of nitrogens with one attached hydrogen (secondary N) is 1. The van der Waals surface area contributed by atoms with Crippen LogP contribution in [0.25, 0.3) is 22.2 Å². The van der Waals surface area contributed by atoms with Crippen LogP contribution in [0.15, 0.2) is 29.1 Å². The first-order valence-corrected chi connectivity index (χ1v) is 7.89. The summed E-state index contributed by atoms with van der Waals surface area (Å²) in [6.07, 6.45) is 0.374. The van der Waals surface area contributed by atoms with Gasteiger partial charge in [0.25, 0.3) is 5.56 Å². The van der Waals surface area contributed by atoms with Crippen LogP contribution in [0.2, 0.25) is 0 Å². The van der Waals surface area contributed by atoms with E-state index in [0.29, 0.717) is 29.8 Å². The zero-order valence-corrected chi connectivity index (χ0v) is 15.2. The second-order valence-corrected chi connectivity index (χ2v) is 5.86. The molecule has 8 heteroatoms. The van der Waals surface area contributed by atoms with E-state index in [-0.39, 0.29) is 12.4 Å². The molecule has 2 heterocycles. The van der Waals surface area contributed by atoms with Gasteiger partial charge in [0, 0.05) is 35.8 Å². The molecule has 26 heavy (non-hydrogen) atoms. The van der Waals surface area contributed by atoms with Gasteiger partial charge >= 0.3 is 5.97 Å². The number of aromatic amines is 1. The number of aromatic carboxylic acids is 1. The normalized spacial score (nSPS) is 10.7. The molecule has 1 aromatic carbocycles. The lowest BCUT2D eigenvalue weighted by Crippen LogP contribution is -2.20. The number of fused-ring (bicyclic) bond motifs is 1. The van der Waals surface area contributed by atoms with Crippen LogP contribution in [-0.4, -0.2) is 25.7 Å². The maximum atomic E-state index is 12.1. The summed E-state index contributed by atoms with van der Waals surface area (Å²) >= 11 is 0. The number of aromatic nitrogens is 2. The number of hydrogen-bond acceptors (Lipinski definition) is 4. The minimum atomic E-state index is -1.45. The zero-order chi connectivity index (χ0) is 18.3. The van der Waals surface area contributed by atoms with Crippen molar-refractivity contribution in [3.05, 3.63) is 51.4 Å². The molecule has 0 fully saturated rings. The molecular formula is C18H20ClN3O4. The number of H-pyrrole nitrogens is 1. The minimum Gasteiger partial charge on any atom is -0.506 e. The Bertz CT molecular complexity index is 1050. The maximum absolute atomic E-state index is 12.1. The third-order valence-corrected chi connectivity index (χ3v) is 4.50. The molecule has 0 aliphatic carbocycles. The molecule has 0 aliphatic rings. The highest BCUT2D eigenvalue weighted by atomic mass is 35.5. The smallest absolute Gasteiger partial charge is 0.345 e. The molecule has 0 spiro atoms. The van der Waals surface area contributed by atoms with Crippen LogP contribution in [-0.2, 0) is 20.0 Å². The van der Waals surface area contributed by atoms with Crippen molar-refractivity contribution in [3.8, 4) is 17.0 Å². The molecule has 0 saturated carbocycles. The van der Waals surface area contributed by atoms with E-state index in [0.717, 1.165) is 16.6 Å². The van der Waals surface area contributed by atoms with Crippen molar-refractivity contribution in [2.75, 3.05) is 0 Å². The summed E-state index contributed by atoms with van der Waals surface area (Å²) in [5, 5.41) is 20.3. The summed E-state index contributed by atoms with van der Waals surface area (Å²) < 4.78 is 1.99. The summed E-state index contributed by atoms with van der Waals surface area (Å²) in [6, 6.07) is 7.59. The quantitative estimate of drug-likeness (QED) is 0.556. The number of pyridine rings is 1. The Balaban J connectivity index is 0.00000243. The average molecular weight is 378 g/mol. The standard InChI is InChI=1S/C18H19N3O4.ClH/c1-3-12-15(20-17(23)14(16(12)22)18(24)25)9-4-5-13-10(6-9)7-11(8-19)21(13)2;/h4-7H,3,8,19H2,1-2H3,(H,24,25)(H2,20,22,23);1H. The van der Waals surface area contributed by atoms with Crippen LogP contribution >= 0.6 is 12.4 Å². The van der Waals surface area contributed by atoms with Gasteiger partial charge in [0.1, 0.15) is 5.75 Å². The molecule has 2 aromatic heterocycles. The van der Waals surface area contributed by atoms with Gasteiger partial charge in [-0.3, -0.25) is 4.79 Å². The predicted molar refractivity (Wildman–Crippen MR) is 102 cm³/mol. The van der Waals surface area contributed by atoms with Crippen LogP contribution < -0.4 is 11.3 Å². The lowest BCUT2D eigenvalue weighted by atomic mass is 9.99. The first-order valence-electron chi connectivity index (χ1n) is 7.89. The second kappa shape index (κ2) is 7.23. The van der Waals surface area contributed by atoms with Gasteiger partial charge in [0.15, 0.2) is 5.56 Å². The number of halogens is 1. The fourth-order valence-corrected chi connectivity index (χ4v) is 3.18. The molecule has 5 N–H and O–H groups in total. The van der Waals surface area contributed by atoms with E-state index in [4.69, 9.17) is 10.8 Å². The molecule has 3 rings (SSSR count). The van der Waals surface area contributed by atoms with Gasteiger partial charge in [0.2, 0.25) is 0 Å². The zero-order valence-electron chi connectivity index (χ0n) is 14.4. The van der Waals surface area contributed by atoms with Crippen LogP contribution in [0.4, 0.5) is 0 Å². The number of nitrogens with zero attached hydrogens (tertiary/aromatic N) is 1. The van der Waals surface area contributed by atoms with Crippen molar-refractivity contribution in [1.82, 2.24) is 9.55 Å². The maximum Gasteiger partial charge on any atom is 0.345 e. The van der Waals surface area contributed by atoms with Crippen LogP contribution in [0, 0.1) is 0 Å². The van der Waals surface area contributed by atoms with Gasteiger partial charge in [-0.05, 0) is 30.2 Å². The highest BCUT2D eigenvalue weighted by molar-refractivity contribution is 5.92. The molecule has 0 saturated heterocycles. The predicted octanol–water partition coefficient (Wildman–Crippen LogP) is 2.38. The second-order valence-electron chi connectivity index (χ2n) is 5.86. The van der Waals surface area contributed by atoms with Crippen molar-refractivity contribution in [3.63, 3.8) is 0 Å². The number of rotatable bonds is 4. The van der Waals surface area contributed by atoms with E-state index in [9.17, 15) is 14.7 Å². The van der Waals surface area contributed by atoms with Gasteiger partial charge in [-0.25, -0.2) is 4.79 Å². The number of hydrogen-bond donors (Lipinski definition) is 4. The van der Waals surface area contributed by atoms with E-state index < -0.39 is 22.8 Å². The average Bonchev–Trinajstić information content (AvgIpc) is 2.89. The van der Waals surface area contributed by atoms with E-state index in [1.54, 1.807) is 6.92 Å². The number of aryl methyl sites for hydroxylation is 1. The van der Waals surface area contributed by atoms with Crippen molar-refractivity contribution in [2.24, 2.45) is 12.8 Å². The Kier molecular flexibility index (Phi) is 5.44. The number of benzene rings is 1. The van der Waals surface area contributed by atoms with Gasteiger partial charge in [0.05, 0.1) is 5.69 Å². The Morgan fingerprint density at radius 3 is 2.58 bits per heavy atom. The molecule has 0 unspecified atom stereocenters. The summed E-state index contributed by atoms with van der Waals surface area (Å²) in [4.78, 5) is 25.9. The Morgan fingerprint density at radius 1 is 1.31 bits per heavy atom. The number of carbonyl (C=O) groups is 1. The Morgan fingerprint density at radius 2 is 2.00 bits per heavy atom. The van der Waals surface area contributed by atoms with Crippen LogP contribution in [0.3, 0.4) is 0 Å². The third kappa shape index (κ3) is 2.95. The lowest BCUT2D eigenvalue weighted by molar-refractivity contribution is 0.0691. The summed E-state index contributed by atoms with van der Waals surface area (Å²) in [6.45, 7) is 2.20. The molecule has 3 aromatic rings. The van der Waals surface area contributed by atoms with E-state index in [1.165, 1.54) is 0 Å². The van der Waals surface area contributed by atoms with Crippen molar-refractivity contribution >= 4 is 29.3 Å². The van der Waals surface area contributed by atoms with Gasteiger partial charge < -0.3 is 25.5 Å². The highest BCUT2D eigenvalue weighted by Crippen LogP contribution is 2.32. The summed E-state index contributed by atoms with van der Waals surface area (Å²) in [5.74, 6) is -1.93. The molecule has 0 bridgehead atoms. The number of aromatic hydroxyl groups is 1. The van der Waals surface area contributed by atoms with E-state index in [2.05, 4.69) is 4.98 Å². The molecule has 0 amide bonds. The molecule has 0 radical (unpaired) electrons. The first-order chi connectivity index (χ1) is 11.9. The first kappa shape index (κ1) is 19.6. The summed E-state index contributed by atoms with van der Waals surface area (Å²) in [5.41, 5.74) is 7.77. The highest BCUT2D eigenvalue weighted by Gasteiger charge is 2.22. The van der Waals surface area contributed by atoms with Gasteiger partial charge in [-0.2, -0.15) is 0 Å². The van der Waals surface area contributed by atoms with Gasteiger partial charge in [-0.15, -0.1) is 12.4 Å². The van der Waals surface area contributed by atoms with Crippen molar-refractivity contribution < 1.29 is 15.0 Å². The van der Waals surface area contributed by atoms with Crippen molar-refractivity contribution in [2.45, 2.75) is 19.9 Å². The molecule has 0 aliphatic heterocycles. The molecule has 7 nitrogen and oxygen atoms in total. The Hall–Kier alpha value is -2.77. The fourth-order valence-electron chi connectivity index (χ4n) is 3.18. The molecule has 0 atom stereocenters. The topological polar surface area (TPSA) is 121 Å². The van der Waals surface area contributed by atoms with E-state index in [1.807, 2.05) is 35.9 Å². The number of carboxylic acid groups (broad SMARTS) is 1. The van der Waals surface area contributed by atoms with Crippen LogP contribution in [0.5, 0.6) is 5.75 Å². The van der Waals surface area contributed by atoms with Crippen LogP contribution in [0.1, 0.15) is 28.5 Å². The van der Waals surface area contributed by atoms with Crippen molar-refractivity contribution in [1.29, 1.82) is 0 Å². The lowest BCUT2D eigenvalue weighted by Gasteiger charge is -2.12. The number of nitrogens with two attached hydrogens (primary N) is 1. The molecular weight excluding hydrogens is 358 g/mol.